The Kier molecular flexibility index (Phi) is 5.90. The molecule has 1 fully saturated rings. The van der Waals surface area contributed by atoms with E-state index in [9.17, 15) is 9.90 Å². The van der Waals surface area contributed by atoms with Crippen LogP contribution in [0.4, 0.5) is 0 Å². The lowest BCUT2D eigenvalue weighted by molar-refractivity contribution is 0.0568. The second-order valence-electron chi connectivity index (χ2n) is 8.17. The van der Waals surface area contributed by atoms with Gasteiger partial charge in [0.15, 0.2) is 11.6 Å². The first kappa shape index (κ1) is 21.7. The van der Waals surface area contributed by atoms with Crippen molar-refractivity contribution in [3.8, 4) is 5.88 Å². The lowest BCUT2D eigenvalue weighted by atomic mass is 10.0. The molecule has 1 saturated heterocycles. The van der Waals surface area contributed by atoms with Gasteiger partial charge in [-0.2, -0.15) is 4.52 Å². The van der Waals surface area contributed by atoms with E-state index in [4.69, 9.17) is 4.42 Å². The third-order valence-corrected chi connectivity index (χ3v) is 7.28. The second kappa shape index (κ2) is 8.99. The van der Waals surface area contributed by atoms with Gasteiger partial charge >= 0.3 is 0 Å². The molecule has 1 unspecified atom stereocenters. The van der Waals surface area contributed by atoms with Gasteiger partial charge in [0.1, 0.15) is 0 Å². The maximum absolute atomic E-state index is 12.7. The third-order valence-electron chi connectivity index (χ3n) is 6.21. The van der Waals surface area contributed by atoms with E-state index < -0.39 is 0 Å². The average Bonchev–Trinajstić information content (AvgIpc) is 3.59. The predicted octanol–water partition coefficient (Wildman–Crippen LogP) is 3.76. The minimum atomic E-state index is -0.143. The van der Waals surface area contributed by atoms with Crippen molar-refractivity contribution in [1.82, 2.24) is 24.4 Å². The van der Waals surface area contributed by atoms with Crippen LogP contribution in [-0.2, 0) is 12.8 Å². The zero-order chi connectivity index (χ0) is 22.9. The Labute approximate surface area is 196 Å². The Balaban J connectivity index is 1.45. The molecule has 0 bridgehead atoms. The number of rotatable bonds is 6. The van der Waals surface area contributed by atoms with E-state index in [0.717, 1.165) is 29.1 Å². The molecule has 3 aromatic heterocycles. The quantitative estimate of drug-likeness (QED) is 0.467. The Hall–Kier alpha value is -3.17. The van der Waals surface area contributed by atoms with Crippen LogP contribution in [0.2, 0.25) is 0 Å². The zero-order valence-electron chi connectivity index (χ0n) is 18.8. The molecule has 1 aromatic carbocycles. The van der Waals surface area contributed by atoms with Crippen LogP contribution in [-0.4, -0.2) is 61.6 Å². The first-order valence-corrected chi connectivity index (χ1v) is 12.1. The highest BCUT2D eigenvalue weighted by atomic mass is 32.1. The number of fused-ring (bicyclic) bond motifs is 1. The number of carbonyl (C=O) groups excluding carboxylic acids is 1. The number of piperazine rings is 1. The monoisotopic (exact) mass is 465 g/mol. The molecule has 1 aliphatic heterocycles. The molecule has 0 saturated carbocycles. The van der Waals surface area contributed by atoms with Crippen LogP contribution in [0.3, 0.4) is 0 Å². The number of carbonyl (C=O) groups is 1. The molecule has 9 heteroatoms. The van der Waals surface area contributed by atoms with Gasteiger partial charge < -0.3 is 14.4 Å². The van der Waals surface area contributed by atoms with Crippen molar-refractivity contribution < 1.29 is 14.3 Å². The highest BCUT2D eigenvalue weighted by Crippen LogP contribution is 2.40. The van der Waals surface area contributed by atoms with E-state index >= 15 is 0 Å². The van der Waals surface area contributed by atoms with E-state index in [1.165, 1.54) is 23.2 Å². The first-order chi connectivity index (χ1) is 16.1. The lowest BCUT2D eigenvalue weighted by Gasteiger charge is -2.38. The highest BCUT2D eigenvalue weighted by molar-refractivity contribution is 7.17. The fourth-order valence-corrected chi connectivity index (χ4v) is 5.46. The Morgan fingerprint density at radius 3 is 2.48 bits per heavy atom. The Morgan fingerprint density at radius 2 is 1.88 bits per heavy atom. The Morgan fingerprint density at radius 1 is 1.12 bits per heavy atom. The van der Waals surface area contributed by atoms with Gasteiger partial charge in [-0.25, -0.2) is 4.98 Å². The number of nitrogens with zero attached hydrogens (tertiary/aromatic N) is 5. The second-order valence-corrected chi connectivity index (χ2v) is 9.18. The SMILES string of the molecule is CCc1ccc(C(c2sc3nc(CC)nn3c2O)N2CCN(C(=O)c3ccco3)CC2)cc1. The molecule has 33 heavy (non-hydrogen) atoms. The van der Waals surface area contributed by atoms with Gasteiger partial charge in [0.05, 0.1) is 17.2 Å². The minimum Gasteiger partial charge on any atom is -0.492 e. The molecule has 5 rings (SSSR count). The summed E-state index contributed by atoms with van der Waals surface area (Å²) < 4.78 is 6.83. The fraction of sp³-hybridized carbons (Fsp3) is 0.375. The van der Waals surface area contributed by atoms with Gasteiger partial charge in [-0.3, -0.25) is 9.69 Å². The summed E-state index contributed by atoms with van der Waals surface area (Å²) in [5.74, 6) is 1.14. The topological polar surface area (TPSA) is 87.1 Å². The fourth-order valence-electron chi connectivity index (χ4n) is 4.32. The number of furan rings is 1. The van der Waals surface area contributed by atoms with Crippen LogP contribution in [0.5, 0.6) is 5.88 Å². The molecule has 172 valence electrons. The largest absolute Gasteiger partial charge is 0.492 e. The molecule has 1 aliphatic rings. The van der Waals surface area contributed by atoms with E-state index in [0.29, 0.717) is 36.9 Å². The van der Waals surface area contributed by atoms with Crippen LogP contribution in [0.15, 0.2) is 47.1 Å². The predicted molar refractivity (Wildman–Crippen MR) is 126 cm³/mol. The molecular formula is C24H27N5O3S. The Bertz CT molecular complexity index is 1240. The van der Waals surface area contributed by atoms with Gasteiger partial charge in [0.2, 0.25) is 10.8 Å². The van der Waals surface area contributed by atoms with Crippen molar-refractivity contribution in [2.24, 2.45) is 0 Å². The minimum absolute atomic E-state index is 0.0859. The van der Waals surface area contributed by atoms with Gasteiger partial charge in [-0.05, 0) is 29.7 Å². The molecule has 1 amide bonds. The number of hydrogen-bond donors (Lipinski definition) is 1. The molecule has 0 aliphatic carbocycles. The number of amides is 1. The van der Waals surface area contributed by atoms with Crippen molar-refractivity contribution in [3.63, 3.8) is 0 Å². The summed E-state index contributed by atoms with van der Waals surface area (Å²) in [5, 5.41) is 15.5. The number of benzene rings is 1. The van der Waals surface area contributed by atoms with Crippen LogP contribution < -0.4 is 0 Å². The van der Waals surface area contributed by atoms with Crippen molar-refractivity contribution >= 4 is 22.2 Å². The zero-order valence-corrected chi connectivity index (χ0v) is 19.6. The van der Waals surface area contributed by atoms with Crippen LogP contribution in [0, 0.1) is 0 Å². The van der Waals surface area contributed by atoms with Crippen molar-refractivity contribution in [3.05, 3.63) is 70.3 Å². The van der Waals surface area contributed by atoms with Gasteiger partial charge in [-0.1, -0.05) is 49.4 Å². The summed E-state index contributed by atoms with van der Waals surface area (Å²) in [6, 6.07) is 11.8. The van der Waals surface area contributed by atoms with E-state index in [-0.39, 0.29) is 17.8 Å². The van der Waals surface area contributed by atoms with Gasteiger partial charge in [0.25, 0.3) is 5.91 Å². The van der Waals surface area contributed by atoms with Crippen molar-refractivity contribution in [1.29, 1.82) is 0 Å². The smallest absolute Gasteiger partial charge is 0.289 e. The normalized spacial score (nSPS) is 15.9. The average molecular weight is 466 g/mol. The summed E-state index contributed by atoms with van der Waals surface area (Å²) in [6.07, 6.45) is 3.21. The number of aryl methyl sites for hydroxylation is 2. The summed E-state index contributed by atoms with van der Waals surface area (Å²) >= 11 is 1.47. The standard InChI is InChI=1S/C24H27N5O3S/c1-3-16-7-9-17(10-8-16)20(21-23(31)29-24(33-21)25-19(4-2)26-29)27-11-13-28(14-12-27)22(30)18-6-5-15-32-18/h5-10,15,20,31H,3-4,11-14H2,1-2H3. The molecule has 0 radical (unpaired) electrons. The summed E-state index contributed by atoms with van der Waals surface area (Å²) in [5.41, 5.74) is 2.37. The molecule has 1 N–H and O–H groups in total. The first-order valence-electron chi connectivity index (χ1n) is 11.3. The van der Waals surface area contributed by atoms with Crippen molar-refractivity contribution in [2.45, 2.75) is 32.7 Å². The van der Waals surface area contributed by atoms with Crippen LogP contribution >= 0.6 is 11.3 Å². The molecule has 0 spiro atoms. The van der Waals surface area contributed by atoms with Crippen molar-refractivity contribution in [2.75, 3.05) is 26.2 Å². The number of aromatic hydroxyl groups is 1. The number of thiazole rings is 1. The third kappa shape index (κ3) is 4.02. The summed E-state index contributed by atoms with van der Waals surface area (Å²) in [4.78, 5) is 22.9. The number of hydrogen-bond acceptors (Lipinski definition) is 7. The van der Waals surface area contributed by atoms with Crippen LogP contribution in [0.25, 0.3) is 4.96 Å². The summed E-state index contributed by atoms with van der Waals surface area (Å²) in [7, 11) is 0. The summed E-state index contributed by atoms with van der Waals surface area (Å²) in [6.45, 7) is 6.67. The molecule has 1 atom stereocenters. The maximum Gasteiger partial charge on any atom is 0.289 e. The van der Waals surface area contributed by atoms with E-state index in [1.54, 1.807) is 16.6 Å². The van der Waals surface area contributed by atoms with Crippen LogP contribution in [0.1, 0.15) is 52.3 Å². The van der Waals surface area contributed by atoms with E-state index in [2.05, 4.69) is 46.2 Å². The van der Waals surface area contributed by atoms with Gasteiger partial charge in [0, 0.05) is 32.6 Å². The van der Waals surface area contributed by atoms with E-state index in [1.807, 2.05) is 11.8 Å². The number of aromatic nitrogens is 3. The molecular weight excluding hydrogens is 438 g/mol. The van der Waals surface area contributed by atoms with Gasteiger partial charge in [-0.15, -0.1) is 5.10 Å². The highest BCUT2D eigenvalue weighted by Gasteiger charge is 2.33. The molecule has 4 heterocycles. The molecule has 8 nitrogen and oxygen atoms in total. The maximum atomic E-state index is 12.7. The lowest BCUT2D eigenvalue weighted by Crippen LogP contribution is -2.49. The molecule has 4 aromatic rings.